The molecule has 0 aliphatic heterocycles. The zero-order valence-electron chi connectivity index (χ0n) is 15.1. The predicted octanol–water partition coefficient (Wildman–Crippen LogP) is 4.04. The van der Waals surface area contributed by atoms with Crippen molar-refractivity contribution in [2.24, 2.45) is 10.7 Å². The molecule has 0 saturated carbocycles. The highest BCUT2D eigenvalue weighted by molar-refractivity contribution is 6.32. The second-order valence-electron chi connectivity index (χ2n) is 5.97. The smallest absolute Gasteiger partial charge is 0.169 e. The van der Waals surface area contributed by atoms with Gasteiger partial charge in [-0.3, -0.25) is 0 Å². The summed E-state index contributed by atoms with van der Waals surface area (Å²) in [5.74, 6) is -0.793. The van der Waals surface area contributed by atoms with E-state index in [9.17, 15) is 14.0 Å². The number of hydrogen-bond acceptors (Lipinski definition) is 5. The summed E-state index contributed by atoms with van der Waals surface area (Å²) in [4.78, 5) is 8.02. The van der Waals surface area contributed by atoms with Gasteiger partial charge < -0.3 is 11.1 Å². The molecular formula is C19H14ClF2N7. The topological polar surface area (TPSA) is 105 Å². The number of halogens is 3. The zero-order valence-corrected chi connectivity index (χ0v) is 15.9. The Bertz CT molecular complexity index is 1220. The van der Waals surface area contributed by atoms with Crippen LogP contribution in [0.2, 0.25) is 5.02 Å². The number of rotatable bonds is 5. The van der Waals surface area contributed by atoms with Crippen molar-refractivity contribution in [2.45, 2.75) is 6.92 Å². The number of allylic oxidation sites excluding steroid dienone is 2. The van der Waals surface area contributed by atoms with Crippen molar-refractivity contribution in [2.75, 3.05) is 5.32 Å². The molecule has 0 atom stereocenters. The SMILES string of the molecule is C=C(C)/C=C(\N=CN)Nc1ncc(F)c2nn(-c3c(Cl)cc(F)cc3C#N)cc12. The van der Waals surface area contributed by atoms with Crippen molar-refractivity contribution in [3.63, 3.8) is 0 Å². The molecule has 0 aliphatic carbocycles. The van der Waals surface area contributed by atoms with Crippen LogP contribution in [0.4, 0.5) is 14.6 Å². The lowest BCUT2D eigenvalue weighted by Crippen LogP contribution is -2.03. The van der Waals surface area contributed by atoms with Gasteiger partial charge in [0, 0.05) is 6.20 Å². The number of aliphatic imine (C=N–C) groups is 1. The molecule has 146 valence electrons. The van der Waals surface area contributed by atoms with Gasteiger partial charge in [-0.05, 0) is 25.1 Å². The van der Waals surface area contributed by atoms with E-state index in [1.165, 1.54) is 10.9 Å². The van der Waals surface area contributed by atoms with E-state index in [2.05, 4.69) is 27.0 Å². The van der Waals surface area contributed by atoms with Crippen molar-refractivity contribution in [3.05, 3.63) is 70.8 Å². The van der Waals surface area contributed by atoms with Gasteiger partial charge >= 0.3 is 0 Å². The molecule has 0 amide bonds. The number of benzene rings is 1. The van der Waals surface area contributed by atoms with Crippen LogP contribution in [0.1, 0.15) is 12.5 Å². The lowest BCUT2D eigenvalue weighted by Gasteiger charge is -2.07. The lowest BCUT2D eigenvalue weighted by atomic mass is 10.2. The Hall–Kier alpha value is -3.77. The molecular weight excluding hydrogens is 400 g/mol. The van der Waals surface area contributed by atoms with Gasteiger partial charge in [-0.1, -0.05) is 23.8 Å². The van der Waals surface area contributed by atoms with Crippen LogP contribution >= 0.6 is 11.6 Å². The maximum atomic E-state index is 14.3. The maximum Gasteiger partial charge on any atom is 0.169 e. The molecule has 0 radical (unpaired) electrons. The number of hydrogen-bond donors (Lipinski definition) is 2. The summed E-state index contributed by atoms with van der Waals surface area (Å²) >= 11 is 6.11. The maximum absolute atomic E-state index is 14.3. The van der Waals surface area contributed by atoms with Crippen LogP contribution in [0.5, 0.6) is 0 Å². The zero-order chi connectivity index (χ0) is 21.1. The van der Waals surface area contributed by atoms with Gasteiger partial charge in [0.2, 0.25) is 0 Å². The molecule has 0 aliphatic rings. The van der Waals surface area contributed by atoms with Gasteiger partial charge in [0.15, 0.2) is 5.82 Å². The normalized spacial score (nSPS) is 11.8. The second-order valence-corrected chi connectivity index (χ2v) is 6.37. The molecule has 0 bridgehead atoms. The van der Waals surface area contributed by atoms with Crippen LogP contribution < -0.4 is 11.1 Å². The van der Waals surface area contributed by atoms with E-state index >= 15 is 0 Å². The van der Waals surface area contributed by atoms with Crippen LogP contribution in [-0.4, -0.2) is 21.1 Å². The number of aromatic nitrogens is 3. The number of nitrogens with two attached hydrogens (primary N) is 1. The fourth-order valence-electron chi connectivity index (χ4n) is 2.61. The van der Waals surface area contributed by atoms with E-state index in [4.69, 9.17) is 17.3 Å². The molecule has 0 spiro atoms. The number of nitrogens with zero attached hydrogens (tertiary/aromatic N) is 5. The Morgan fingerprint density at radius 3 is 2.86 bits per heavy atom. The van der Waals surface area contributed by atoms with Crippen molar-refractivity contribution >= 4 is 34.7 Å². The largest absolute Gasteiger partial charge is 0.390 e. The summed E-state index contributed by atoms with van der Waals surface area (Å²) in [7, 11) is 0. The Kier molecular flexibility index (Phi) is 5.57. The molecule has 0 fully saturated rings. The van der Waals surface area contributed by atoms with Gasteiger partial charge in [-0.25, -0.2) is 23.4 Å². The molecule has 2 heterocycles. The lowest BCUT2D eigenvalue weighted by molar-refractivity contribution is 0.625. The number of nitriles is 1. The van der Waals surface area contributed by atoms with Gasteiger partial charge in [0.1, 0.15) is 34.7 Å². The molecule has 3 rings (SSSR count). The van der Waals surface area contributed by atoms with Crippen LogP contribution in [0, 0.1) is 23.0 Å². The first kappa shape index (κ1) is 20.0. The summed E-state index contributed by atoms with van der Waals surface area (Å²) in [6.45, 7) is 5.53. The summed E-state index contributed by atoms with van der Waals surface area (Å²) < 4.78 is 29.1. The third kappa shape index (κ3) is 4.07. The quantitative estimate of drug-likeness (QED) is 0.373. The molecule has 3 aromatic rings. The molecule has 7 nitrogen and oxygen atoms in total. The van der Waals surface area contributed by atoms with Crippen LogP contribution in [-0.2, 0) is 0 Å². The van der Waals surface area contributed by atoms with Gasteiger partial charge in [0.25, 0.3) is 0 Å². The third-order valence-electron chi connectivity index (χ3n) is 3.72. The van der Waals surface area contributed by atoms with Crippen molar-refractivity contribution in [3.8, 4) is 11.8 Å². The van der Waals surface area contributed by atoms with Crippen LogP contribution in [0.15, 0.2) is 53.6 Å². The van der Waals surface area contributed by atoms with E-state index in [0.717, 1.165) is 24.7 Å². The second kappa shape index (κ2) is 8.08. The minimum Gasteiger partial charge on any atom is -0.390 e. The monoisotopic (exact) mass is 413 g/mol. The molecule has 29 heavy (non-hydrogen) atoms. The number of fused-ring (bicyclic) bond motifs is 1. The molecule has 1 aromatic carbocycles. The minimum absolute atomic E-state index is 0.0295. The Labute approximate surface area is 169 Å². The van der Waals surface area contributed by atoms with Crippen molar-refractivity contribution in [1.82, 2.24) is 14.8 Å². The fourth-order valence-corrected chi connectivity index (χ4v) is 2.91. The minimum atomic E-state index is -0.686. The predicted molar refractivity (Wildman–Crippen MR) is 108 cm³/mol. The average Bonchev–Trinajstić information content (AvgIpc) is 3.09. The summed E-state index contributed by atoms with van der Waals surface area (Å²) in [5, 5.41) is 16.6. The van der Waals surface area contributed by atoms with Crippen molar-refractivity contribution in [1.29, 1.82) is 5.26 Å². The first-order chi connectivity index (χ1) is 13.8. The highest BCUT2D eigenvalue weighted by Gasteiger charge is 2.18. The first-order valence-electron chi connectivity index (χ1n) is 8.16. The molecule has 0 saturated heterocycles. The average molecular weight is 414 g/mol. The molecule has 10 heteroatoms. The Morgan fingerprint density at radius 1 is 1.45 bits per heavy atom. The van der Waals surface area contributed by atoms with E-state index < -0.39 is 11.6 Å². The van der Waals surface area contributed by atoms with E-state index in [0.29, 0.717) is 11.4 Å². The summed E-state index contributed by atoms with van der Waals surface area (Å²) in [6.07, 6.45) is 5.13. The van der Waals surface area contributed by atoms with Crippen LogP contribution in [0.3, 0.4) is 0 Å². The number of pyridine rings is 1. The third-order valence-corrected chi connectivity index (χ3v) is 4.01. The van der Waals surface area contributed by atoms with Gasteiger partial charge in [-0.15, -0.1) is 0 Å². The standard InChI is InChI=1S/C19H14ClF2N7/c1-10(2)3-16(26-9-24)27-19-13-8-29(28-17(13)15(22)7-25-19)18-11(6-23)4-12(21)5-14(18)20/h3-5,7-9H,1H2,2H3,(H2,24,26)(H,25,27)/b16-3+. The molecule has 3 N–H and O–H groups in total. The Balaban J connectivity index is 2.19. The fraction of sp³-hybridized carbons (Fsp3) is 0.0526. The van der Waals surface area contributed by atoms with Gasteiger partial charge in [-0.2, -0.15) is 10.4 Å². The highest BCUT2D eigenvalue weighted by atomic mass is 35.5. The summed E-state index contributed by atoms with van der Waals surface area (Å²) in [6, 6.07) is 3.92. The van der Waals surface area contributed by atoms with E-state index in [1.54, 1.807) is 13.0 Å². The van der Waals surface area contributed by atoms with Gasteiger partial charge in [0.05, 0.1) is 28.5 Å². The van der Waals surface area contributed by atoms with E-state index in [-0.39, 0.29) is 33.0 Å². The number of anilines is 1. The van der Waals surface area contributed by atoms with Crippen molar-refractivity contribution < 1.29 is 8.78 Å². The molecule has 0 unspecified atom stereocenters. The van der Waals surface area contributed by atoms with E-state index in [1.807, 2.05) is 6.07 Å². The molecule has 2 aromatic heterocycles. The first-order valence-corrected chi connectivity index (χ1v) is 8.53. The Morgan fingerprint density at radius 2 is 2.21 bits per heavy atom. The number of nitrogens with one attached hydrogen (secondary N) is 1. The summed E-state index contributed by atoms with van der Waals surface area (Å²) in [5.41, 5.74) is 6.10. The highest BCUT2D eigenvalue weighted by Crippen LogP contribution is 2.30. The van der Waals surface area contributed by atoms with Crippen LogP contribution in [0.25, 0.3) is 16.6 Å².